The number of aryl methyl sites for hydroxylation is 2. The molecular formula is C18H20N2O4. The quantitative estimate of drug-likeness (QED) is 0.629. The Labute approximate surface area is 138 Å². The summed E-state index contributed by atoms with van der Waals surface area (Å²) in [6.07, 6.45) is -2.42. The Morgan fingerprint density at radius 2 is 1.92 bits per heavy atom. The van der Waals surface area contributed by atoms with Crippen molar-refractivity contribution in [3.05, 3.63) is 41.7 Å². The SMILES string of the molecule is Cc1cc(C)c2cc3c(ccn3C3OC[C@H](O)[C@H](O)[C@H]3O)cc2n1. The van der Waals surface area contributed by atoms with Crippen LogP contribution in [0, 0.1) is 13.8 Å². The zero-order valence-corrected chi connectivity index (χ0v) is 13.5. The molecule has 2 aromatic heterocycles. The van der Waals surface area contributed by atoms with Crippen molar-refractivity contribution in [3.8, 4) is 0 Å². The van der Waals surface area contributed by atoms with E-state index in [9.17, 15) is 15.3 Å². The van der Waals surface area contributed by atoms with Crippen molar-refractivity contribution in [1.29, 1.82) is 0 Å². The maximum absolute atomic E-state index is 10.3. The fraction of sp³-hybridized carbons (Fsp3) is 0.389. The molecule has 3 N–H and O–H groups in total. The maximum Gasteiger partial charge on any atom is 0.162 e. The summed E-state index contributed by atoms with van der Waals surface area (Å²) in [7, 11) is 0. The van der Waals surface area contributed by atoms with Crippen LogP contribution in [0.4, 0.5) is 0 Å². The summed E-state index contributed by atoms with van der Waals surface area (Å²) in [6, 6.07) is 8.01. The zero-order chi connectivity index (χ0) is 17.0. The minimum absolute atomic E-state index is 0.0179. The highest BCUT2D eigenvalue weighted by atomic mass is 16.5. The molecule has 126 valence electrons. The van der Waals surface area contributed by atoms with Gasteiger partial charge in [-0.15, -0.1) is 0 Å². The summed E-state index contributed by atoms with van der Waals surface area (Å²) in [5.41, 5.74) is 3.93. The molecule has 6 heteroatoms. The molecule has 1 aromatic carbocycles. The van der Waals surface area contributed by atoms with Crippen LogP contribution in [0.5, 0.6) is 0 Å². The first-order valence-electron chi connectivity index (χ1n) is 8.00. The van der Waals surface area contributed by atoms with E-state index < -0.39 is 24.5 Å². The van der Waals surface area contributed by atoms with Gasteiger partial charge in [-0.3, -0.25) is 4.98 Å². The largest absolute Gasteiger partial charge is 0.388 e. The van der Waals surface area contributed by atoms with Gasteiger partial charge in [-0.05, 0) is 43.7 Å². The molecule has 1 saturated heterocycles. The number of aliphatic hydroxyl groups excluding tert-OH is 3. The van der Waals surface area contributed by atoms with E-state index in [1.165, 1.54) is 0 Å². The van der Waals surface area contributed by atoms with Crippen LogP contribution in [0.15, 0.2) is 30.5 Å². The summed E-state index contributed by atoms with van der Waals surface area (Å²) < 4.78 is 7.37. The van der Waals surface area contributed by atoms with Gasteiger partial charge in [0.25, 0.3) is 0 Å². The lowest BCUT2D eigenvalue weighted by Crippen LogP contribution is -2.50. The lowest BCUT2D eigenvalue weighted by Gasteiger charge is -2.36. The van der Waals surface area contributed by atoms with Crippen molar-refractivity contribution >= 4 is 21.8 Å². The Bertz CT molecular complexity index is 920. The van der Waals surface area contributed by atoms with Gasteiger partial charge in [0.15, 0.2) is 6.23 Å². The molecule has 4 atom stereocenters. The molecule has 24 heavy (non-hydrogen) atoms. The van der Waals surface area contributed by atoms with Crippen molar-refractivity contribution in [1.82, 2.24) is 9.55 Å². The highest BCUT2D eigenvalue weighted by molar-refractivity contribution is 5.96. The number of fused-ring (bicyclic) bond motifs is 2. The van der Waals surface area contributed by atoms with E-state index >= 15 is 0 Å². The van der Waals surface area contributed by atoms with Gasteiger partial charge in [-0.25, -0.2) is 0 Å². The fourth-order valence-electron chi connectivity index (χ4n) is 3.47. The van der Waals surface area contributed by atoms with Crippen LogP contribution < -0.4 is 0 Å². The Morgan fingerprint density at radius 1 is 1.12 bits per heavy atom. The summed E-state index contributed by atoms with van der Waals surface area (Å²) in [6.45, 7) is 4.00. The number of rotatable bonds is 1. The molecule has 0 bridgehead atoms. The number of ether oxygens (including phenoxy) is 1. The van der Waals surface area contributed by atoms with Crippen molar-refractivity contribution in [2.75, 3.05) is 6.61 Å². The molecule has 3 heterocycles. The third-order valence-electron chi connectivity index (χ3n) is 4.73. The average Bonchev–Trinajstić information content (AvgIpc) is 2.94. The van der Waals surface area contributed by atoms with E-state index in [0.717, 1.165) is 33.1 Å². The second kappa shape index (κ2) is 5.53. The standard InChI is InChI=1S/C18H20N2O4/c1-9-5-10(2)19-13-6-11-3-4-20(14(11)7-12(9)13)18-17(23)16(22)15(21)8-24-18/h3-7,15-18,21-23H,8H2,1-2H3/t15-,16-,17+,18?/m0/s1. The van der Waals surface area contributed by atoms with Crippen molar-refractivity contribution in [2.45, 2.75) is 38.4 Å². The minimum Gasteiger partial charge on any atom is -0.388 e. The van der Waals surface area contributed by atoms with E-state index in [0.29, 0.717) is 0 Å². The van der Waals surface area contributed by atoms with E-state index in [4.69, 9.17) is 4.74 Å². The van der Waals surface area contributed by atoms with E-state index in [-0.39, 0.29) is 6.61 Å². The molecule has 1 fully saturated rings. The molecule has 1 aliphatic heterocycles. The van der Waals surface area contributed by atoms with Gasteiger partial charge >= 0.3 is 0 Å². The predicted octanol–water partition coefficient (Wildman–Crippen LogP) is 1.42. The second-order valence-corrected chi connectivity index (χ2v) is 6.50. The first-order valence-corrected chi connectivity index (χ1v) is 8.00. The Morgan fingerprint density at radius 3 is 2.71 bits per heavy atom. The van der Waals surface area contributed by atoms with Gasteiger partial charge in [0.1, 0.15) is 18.3 Å². The van der Waals surface area contributed by atoms with Gasteiger partial charge in [0.05, 0.1) is 17.6 Å². The monoisotopic (exact) mass is 328 g/mol. The topological polar surface area (TPSA) is 87.7 Å². The highest BCUT2D eigenvalue weighted by Gasteiger charge is 2.38. The lowest BCUT2D eigenvalue weighted by molar-refractivity contribution is -0.209. The summed E-state index contributed by atoms with van der Waals surface area (Å²) >= 11 is 0. The maximum atomic E-state index is 10.3. The first kappa shape index (κ1) is 15.5. The molecule has 0 amide bonds. The van der Waals surface area contributed by atoms with Crippen molar-refractivity contribution < 1.29 is 20.1 Å². The summed E-state index contributed by atoms with van der Waals surface area (Å²) in [5, 5.41) is 31.9. The van der Waals surface area contributed by atoms with E-state index in [1.54, 1.807) is 4.57 Å². The van der Waals surface area contributed by atoms with Crippen LogP contribution in [0.1, 0.15) is 17.5 Å². The van der Waals surface area contributed by atoms with Gasteiger partial charge in [-0.2, -0.15) is 0 Å². The molecule has 0 radical (unpaired) electrons. The molecule has 0 spiro atoms. The molecule has 1 aliphatic rings. The Kier molecular flexibility index (Phi) is 3.58. The van der Waals surface area contributed by atoms with Gasteiger partial charge in [-0.1, -0.05) is 0 Å². The number of benzene rings is 1. The van der Waals surface area contributed by atoms with Gasteiger partial charge < -0.3 is 24.6 Å². The van der Waals surface area contributed by atoms with Crippen LogP contribution in [0.25, 0.3) is 21.8 Å². The number of hydrogen-bond acceptors (Lipinski definition) is 5. The molecule has 4 rings (SSSR count). The normalized spacial score (nSPS) is 27.9. The lowest BCUT2D eigenvalue weighted by atomic mass is 10.0. The Hall–Kier alpha value is -1.99. The predicted molar refractivity (Wildman–Crippen MR) is 89.7 cm³/mol. The molecule has 1 unspecified atom stereocenters. The summed E-state index contributed by atoms with van der Waals surface area (Å²) in [4.78, 5) is 4.58. The van der Waals surface area contributed by atoms with Crippen molar-refractivity contribution in [3.63, 3.8) is 0 Å². The summed E-state index contributed by atoms with van der Waals surface area (Å²) in [5.74, 6) is 0. The zero-order valence-electron chi connectivity index (χ0n) is 13.5. The molecule has 6 nitrogen and oxygen atoms in total. The van der Waals surface area contributed by atoms with Crippen molar-refractivity contribution in [2.24, 2.45) is 0 Å². The molecular weight excluding hydrogens is 308 g/mol. The van der Waals surface area contributed by atoms with Crippen LogP contribution in [-0.4, -0.2) is 49.8 Å². The van der Waals surface area contributed by atoms with Crippen LogP contribution in [-0.2, 0) is 4.74 Å². The first-order chi connectivity index (χ1) is 11.5. The number of aliphatic hydroxyl groups is 3. The number of nitrogens with zero attached hydrogens (tertiary/aromatic N) is 2. The number of aromatic nitrogens is 2. The minimum atomic E-state index is -1.23. The second-order valence-electron chi connectivity index (χ2n) is 6.50. The number of hydrogen-bond donors (Lipinski definition) is 3. The smallest absolute Gasteiger partial charge is 0.162 e. The molecule has 0 saturated carbocycles. The molecule has 0 aliphatic carbocycles. The van der Waals surface area contributed by atoms with E-state index in [2.05, 4.69) is 4.98 Å². The van der Waals surface area contributed by atoms with E-state index in [1.807, 2.05) is 44.3 Å². The number of pyridine rings is 1. The van der Waals surface area contributed by atoms with Crippen LogP contribution in [0.3, 0.4) is 0 Å². The Balaban J connectivity index is 1.87. The van der Waals surface area contributed by atoms with Crippen LogP contribution in [0.2, 0.25) is 0 Å². The highest BCUT2D eigenvalue weighted by Crippen LogP contribution is 2.31. The molecule has 3 aromatic rings. The van der Waals surface area contributed by atoms with Crippen LogP contribution >= 0.6 is 0 Å². The van der Waals surface area contributed by atoms with Gasteiger partial charge in [0.2, 0.25) is 0 Å². The fourth-order valence-corrected chi connectivity index (χ4v) is 3.47. The van der Waals surface area contributed by atoms with Gasteiger partial charge in [0, 0.05) is 22.7 Å². The average molecular weight is 328 g/mol. The third-order valence-corrected chi connectivity index (χ3v) is 4.73. The third kappa shape index (κ3) is 2.31.